The fraction of sp³-hybridized carbons (Fsp3) is 0.0345. The van der Waals surface area contributed by atoms with E-state index in [1.54, 1.807) is 0 Å². The lowest BCUT2D eigenvalue weighted by Gasteiger charge is -2.07. The molecule has 0 saturated carbocycles. The number of hydrogen-bond acceptors (Lipinski definition) is 2. The molecule has 4 nitrogen and oxygen atoms in total. The van der Waals surface area contributed by atoms with Crippen LogP contribution in [0.25, 0.3) is 28.1 Å². The number of carbonyl (C=O) groups excluding carboxylic acids is 1. The van der Waals surface area contributed by atoms with Crippen LogP contribution in [0.2, 0.25) is 0 Å². The van der Waals surface area contributed by atoms with Crippen LogP contribution in [0.15, 0.2) is 121 Å². The Hall–Kier alpha value is -4.44. The van der Waals surface area contributed by atoms with Crippen LogP contribution in [0.4, 0.5) is 0 Å². The van der Waals surface area contributed by atoms with Crippen LogP contribution in [-0.4, -0.2) is 15.7 Å². The van der Waals surface area contributed by atoms with Crippen molar-refractivity contribution in [1.82, 2.24) is 15.1 Å². The lowest BCUT2D eigenvalue weighted by Crippen LogP contribution is -2.22. The Morgan fingerprint density at radius 2 is 1.21 bits per heavy atom. The van der Waals surface area contributed by atoms with Gasteiger partial charge in [-0.05, 0) is 35.4 Å². The zero-order chi connectivity index (χ0) is 22.5. The van der Waals surface area contributed by atoms with E-state index in [1.807, 2.05) is 114 Å². The van der Waals surface area contributed by atoms with E-state index in [0.29, 0.717) is 12.1 Å². The van der Waals surface area contributed by atoms with Crippen molar-refractivity contribution in [3.05, 3.63) is 133 Å². The van der Waals surface area contributed by atoms with Gasteiger partial charge in [0.1, 0.15) is 0 Å². The van der Waals surface area contributed by atoms with E-state index in [2.05, 4.69) is 17.4 Å². The number of para-hydroxylation sites is 1. The Morgan fingerprint density at radius 3 is 1.85 bits per heavy atom. The molecular formula is C29H23N3O. The highest BCUT2D eigenvalue weighted by atomic mass is 16.1. The summed E-state index contributed by atoms with van der Waals surface area (Å²) in [5, 5.41) is 7.87. The largest absolute Gasteiger partial charge is 0.348 e. The highest BCUT2D eigenvalue weighted by Crippen LogP contribution is 2.24. The maximum Gasteiger partial charge on any atom is 0.251 e. The third kappa shape index (κ3) is 4.60. The Labute approximate surface area is 193 Å². The zero-order valence-electron chi connectivity index (χ0n) is 18.1. The standard InChI is InChI=1S/C29H23N3O/c33-29(25-18-16-23(17-19-25)22-10-4-1-5-11-22)30-20-26-21-32(27-14-8-3-9-15-27)31-28(26)24-12-6-2-7-13-24/h1-19,21H,20H2,(H,30,33). The van der Waals surface area contributed by atoms with Crippen molar-refractivity contribution in [2.24, 2.45) is 0 Å². The topological polar surface area (TPSA) is 46.9 Å². The molecule has 1 aromatic heterocycles. The molecule has 0 aliphatic heterocycles. The van der Waals surface area contributed by atoms with Gasteiger partial charge in [-0.1, -0.05) is 91.0 Å². The second-order valence-electron chi connectivity index (χ2n) is 7.78. The maximum atomic E-state index is 12.9. The summed E-state index contributed by atoms with van der Waals surface area (Å²) in [6.07, 6.45) is 1.98. The molecule has 0 aliphatic rings. The number of nitrogens with zero attached hydrogens (tertiary/aromatic N) is 2. The normalized spacial score (nSPS) is 10.7. The summed E-state index contributed by atoms with van der Waals surface area (Å²) in [5.74, 6) is -0.110. The Kier molecular flexibility index (Phi) is 5.81. The van der Waals surface area contributed by atoms with Crippen molar-refractivity contribution in [2.45, 2.75) is 6.54 Å². The molecule has 5 aromatic rings. The van der Waals surface area contributed by atoms with E-state index in [-0.39, 0.29) is 5.91 Å². The third-order valence-corrected chi connectivity index (χ3v) is 5.55. The monoisotopic (exact) mass is 429 g/mol. The SMILES string of the molecule is O=C(NCc1cn(-c2ccccc2)nc1-c1ccccc1)c1ccc(-c2ccccc2)cc1. The summed E-state index contributed by atoms with van der Waals surface area (Å²) in [7, 11) is 0. The van der Waals surface area contributed by atoms with Gasteiger partial charge in [-0.2, -0.15) is 5.10 Å². The van der Waals surface area contributed by atoms with Crippen molar-refractivity contribution in [2.75, 3.05) is 0 Å². The van der Waals surface area contributed by atoms with Crippen LogP contribution < -0.4 is 5.32 Å². The van der Waals surface area contributed by atoms with Crippen molar-refractivity contribution in [1.29, 1.82) is 0 Å². The summed E-state index contributed by atoms with van der Waals surface area (Å²) in [6, 6.07) is 37.8. The Bertz CT molecular complexity index is 1340. The van der Waals surface area contributed by atoms with Crippen LogP contribution in [0.5, 0.6) is 0 Å². The van der Waals surface area contributed by atoms with Gasteiger partial charge >= 0.3 is 0 Å². The van der Waals surface area contributed by atoms with E-state index >= 15 is 0 Å². The molecule has 0 fully saturated rings. The first-order valence-corrected chi connectivity index (χ1v) is 10.9. The second kappa shape index (κ2) is 9.37. The quantitative estimate of drug-likeness (QED) is 0.353. The van der Waals surface area contributed by atoms with E-state index in [4.69, 9.17) is 5.10 Å². The number of rotatable bonds is 6. The summed E-state index contributed by atoms with van der Waals surface area (Å²) in [4.78, 5) is 12.9. The average Bonchev–Trinajstić information content (AvgIpc) is 3.33. The van der Waals surface area contributed by atoms with Crippen molar-refractivity contribution < 1.29 is 4.79 Å². The highest BCUT2D eigenvalue weighted by Gasteiger charge is 2.14. The molecule has 0 aliphatic carbocycles. The second-order valence-corrected chi connectivity index (χ2v) is 7.78. The molecule has 4 heteroatoms. The maximum absolute atomic E-state index is 12.9. The van der Waals surface area contributed by atoms with E-state index < -0.39 is 0 Å². The first kappa shape index (κ1) is 20.5. The molecular weight excluding hydrogens is 406 g/mol. The van der Waals surface area contributed by atoms with Crippen LogP contribution in [0, 0.1) is 0 Å². The van der Waals surface area contributed by atoms with E-state index in [9.17, 15) is 4.79 Å². The van der Waals surface area contributed by atoms with Gasteiger partial charge in [-0.25, -0.2) is 4.68 Å². The zero-order valence-corrected chi connectivity index (χ0v) is 18.1. The van der Waals surface area contributed by atoms with Gasteiger partial charge in [0.2, 0.25) is 0 Å². The van der Waals surface area contributed by atoms with Crippen LogP contribution in [0.3, 0.4) is 0 Å². The lowest BCUT2D eigenvalue weighted by atomic mass is 10.0. The lowest BCUT2D eigenvalue weighted by molar-refractivity contribution is 0.0951. The Morgan fingerprint density at radius 1 is 0.667 bits per heavy atom. The van der Waals surface area contributed by atoms with Gasteiger partial charge in [-0.3, -0.25) is 4.79 Å². The summed E-state index contributed by atoms with van der Waals surface area (Å²) >= 11 is 0. The fourth-order valence-corrected chi connectivity index (χ4v) is 3.81. The fourth-order valence-electron chi connectivity index (χ4n) is 3.81. The molecule has 5 rings (SSSR count). The van der Waals surface area contributed by atoms with Crippen LogP contribution >= 0.6 is 0 Å². The predicted octanol–water partition coefficient (Wildman–Crippen LogP) is 6.14. The summed E-state index contributed by atoms with van der Waals surface area (Å²) in [5.41, 5.74) is 6.66. The molecule has 0 atom stereocenters. The molecule has 4 aromatic carbocycles. The van der Waals surface area contributed by atoms with Gasteiger partial charge in [0.25, 0.3) is 5.91 Å². The van der Waals surface area contributed by atoms with Gasteiger partial charge in [0, 0.05) is 29.4 Å². The summed E-state index contributed by atoms with van der Waals surface area (Å²) in [6.45, 7) is 0.385. The highest BCUT2D eigenvalue weighted by molar-refractivity contribution is 5.94. The minimum atomic E-state index is -0.110. The summed E-state index contributed by atoms with van der Waals surface area (Å²) < 4.78 is 1.86. The molecule has 0 spiro atoms. The van der Waals surface area contributed by atoms with Gasteiger partial charge in [-0.15, -0.1) is 0 Å². The number of hydrogen-bond donors (Lipinski definition) is 1. The number of carbonyl (C=O) groups is 1. The number of nitrogens with one attached hydrogen (secondary N) is 1. The predicted molar refractivity (Wildman–Crippen MR) is 132 cm³/mol. The van der Waals surface area contributed by atoms with Gasteiger partial charge < -0.3 is 5.32 Å². The number of amides is 1. The van der Waals surface area contributed by atoms with Crippen LogP contribution in [0.1, 0.15) is 15.9 Å². The first-order chi connectivity index (χ1) is 16.3. The molecule has 1 heterocycles. The van der Waals surface area contributed by atoms with Crippen molar-refractivity contribution in [3.8, 4) is 28.1 Å². The number of aromatic nitrogens is 2. The van der Waals surface area contributed by atoms with E-state index in [1.165, 1.54) is 0 Å². The number of benzene rings is 4. The molecule has 33 heavy (non-hydrogen) atoms. The smallest absolute Gasteiger partial charge is 0.251 e. The van der Waals surface area contributed by atoms with E-state index in [0.717, 1.165) is 33.6 Å². The van der Waals surface area contributed by atoms with Crippen LogP contribution in [-0.2, 0) is 6.54 Å². The Balaban J connectivity index is 1.36. The van der Waals surface area contributed by atoms with Crippen molar-refractivity contribution in [3.63, 3.8) is 0 Å². The minimum absolute atomic E-state index is 0.110. The molecule has 1 amide bonds. The first-order valence-electron chi connectivity index (χ1n) is 10.9. The average molecular weight is 430 g/mol. The van der Waals surface area contributed by atoms with Crippen molar-refractivity contribution >= 4 is 5.91 Å². The molecule has 1 N–H and O–H groups in total. The molecule has 0 saturated heterocycles. The molecule has 160 valence electrons. The minimum Gasteiger partial charge on any atom is -0.348 e. The van der Waals surface area contributed by atoms with Gasteiger partial charge in [0.15, 0.2) is 0 Å². The third-order valence-electron chi connectivity index (χ3n) is 5.55. The van der Waals surface area contributed by atoms with Gasteiger partial charge in [0.05, 0.1) is 11.4 Å². The molecule has 0 radical (unpaired) electrons. The molecule has 0 unspecified atom stereocenters. The molecule has 0 bridgehead atoms.